The first-order valence-electron chi connectivity index (χ1n) is 6.51. The van der Waals surface area contributed by atoms with E-state index in [0.29, 0.717) is 18.3 Å². The van der Waals surface area contributed by atoms with Crippen molar-refractivity contribution in [2.45, 2.75) is 26.0 Å². The largest absolute Gasteiger partial charge is 0.481 e. The summed E-state index contributed by atoms with van der Waals surface area (Å²) in [5.74, 6) is -0.418. The molecule has 0 aromatic carbocycles. The molecule has 0 saturated carbocycles. The predicted octanol–water partition coefficient (Wildman–Crippen LogP) is 0.800. The van der Waals surface area contributed by atoms with Crippen LogP contribution in [0, 0.1) is 5.92 Å². The van der Waals surface area contributed by atoms with Gasteiger partial charge in [0.2, 0.25) is 5.88 Å². The Balaban J connectivity index is 2.16. The third kappa shape index (κ3) is 3.16. The van der Waals surface area contributed by atoms with E-state index in [9.17, 15) is 9.90 Å². The van der Waals surface area contributed by atoms with Crippen LogP contribution in [0.2, 0.25) is 0 Å². The fourth-order valence-corrected chi connectivity index (χ4v) is 2.14. The molecule has 1 aromatic rings. The zero-order chi connectivity index (χ0) is 14.7. The summed E-state index contributed by atoms with van der Waals surface area (Å²) in [5, 5.41) is 9.19. The molecule has 1 aliphatic heterocycles. The van der Waals surface area contributed by atoms with Gasteiger partial charge in [-0.25, -0.2) is 0 Å². The maximum absolute atomic E-state index is 11.2. The molecule has 1 aromatic heterocycles. The molecule has 7 heteroatoms. The van der Waals surface area contributed by atoms with Crippen LogP contribution in [0.4, 0.5) is 5.82 Å². The molecule has 1 fully saturated rings. The lowest BCUT2D eigenvalue weighted by molar-refractivity contribution is -0.141. The van der Waals surface area contributed by atoms with E-state index in [2.05, 4.69) is 9.97 Å². The summed E-state index contributed by atoms with van der Waals surface area (Å²) in [4.78, 5) is 21.4. The van der Waals surface area contributed by atoms with Crippen LogP contribution in [-0.2, 0) is 9.53 Å². The molecule has 1 saturated heterocycles. The van der Waals surface area contributed by atoms with Crippen molar-refractivity contribution in [3.63, 3.8) is 0 Å². The third-order valence-corrected chi connectivity index (χ3v) is 3.18. The van der Waals surface area contributed by atoms with Gasteiger partial charge in [0.1, 0.15) is 5.92 Å². The Bertz CT molecular complexity index is 480. The number of anilines is 1. The minimum Gasteiger partial charge on any atom is -0.481 e. The van der Waals surface area contributed by atoms with Crippen molar-refractivity contribution < 1.29 is 19.4 Å². The fourth-order valence-electron chi connectivity index (χ4n) is 2.14. The van der Waals surface area contributed by atoms with Crippen LogP contribution < -0.4 is 9.64 Å². The van der Waals surface area contributed by atoms with Crippen LogP contribution in [-0.4, -0.2) is 53.5 Å². The molecule has 0 amide bonds. The summed E-state index contributed by atoms with van der Waals surface area (Å²) in [6.45, 7) is 4.40. The first kappa shape index (κ1) is 14.5. The number of likely N-dealkylation sites (N-methyl/N-ethyl adjacent to an activating group) is 1. The predicted molar refractivity (Wildman–Crippen MR) is 71.9 cm³/mol. The normalized spacial score (nSPS) is 22.0. The van der Waals surface area contributed by atoms with Gasteiger partial charge in [0, 0.05) is 7.05 Å². The third-order valence-electron chi connectivity index (χ3n) is 3.18. The van der Waals surface area contributed by atoms with Gasteiger partial charge in [-0.05, 0) is 13.8 Å². The Labute approximate surface area is 117 Å². The maximum Gasteiger partial charge on any atom is 0.311 e. The molecule has 0 bridgehead atoms. The summed E-state index contributed by atoms with van der Waals surface area (Å²) in [7, 11) is 1.79. The fraction of sp³-hybridized carbons (Fsp3) is 0.615. The number of hydrogen-bond acceptors (Lipinski definition) is 6. The van der Waals surface area contributed by atoms with Crippen LogP contribution >= 0.6 is 0 Å². The lowest BCUT2D eigenvalue weighted by Gasteiger charge is -2.27. The standard InChI is InChI=1S/C13H19N3O4/c1-8(2)20-12-5-14-4-11(15-12)16(3)10-7-19-6-9(10)13(17)18/h4-5,8-10H,6-7H2,1-3H3,(H,17,18). The topological polar surface area (TPSA) is 84.8 Å². The molecular weight excluding hydrogens is 262 g/mol. The molecule has 1 aliphatic rings. The van der Waals surface area contributed by atoms with E-state index in [1.54, 1.807) is 18.1 Å². The van der Waals surface area contributed by atoms with Crippen molar-refractivity contribution in [1.82, 2.24) is 9.97 Å². The highest BCUT2D eigenvalue weighted by molar-refractivity contribution is 5.72. The minimum atomic E-state index is -0.859. The van der Waals surface area contributed by atoms with Crippen LogP contribution in [0.1, 0.15) is 13.8 Å². The maximum atomic E-state index is 11.2. The Hall–Kier alpha value is -1.89. The first-order valence-corrected chi connectivity index (χ1v) is 6.51. The van der Waals surface area contributed by atoms with E-state index in [-0.39, 0.29) is 18.8 Å². The number of hydrogen-bond donors (Lipinski definition) is 1. The molecule has 0 spiro atoms. The number of ether oxygens (including phenoxy) is 2. The monoisotopic (exact) mass is 281 g/mol. The molecular formula is C13H19N3O4. The van der Waals surface area contributed by atoms with Gasteiger partial charge in [-0.1, -0.05) is 0 Å². The zero-order valence-electron chi connectivity index (χ0n) is 11.8. The summed E-state index contributed by atoms with van der Waals surface area (Å²) in [5.41, 5.74) is 0. The number of carboxylic acid groups (broad SMARTS) is 1. The first-order chi connectivity index (χ1) is 9.49. The summed E-state index contributed by atoms with van der Waals surface area (Å²) in [6.07, 6.45) is 3.13. The number of rotatable bonds is 5. The lowest BCUT2D eigenvalue weighted by atomic mass is 10.0. The molecule has 0 radical (unpaired) electrons. The van der Waals surface area contributed by atoms with Gasteiger partial charge in [-0.15, -0.1) is 0 Å². The van der Waals surface area contributed by atoms with Gasteiger partial charge in [0.15, 0.2) is 5.82 Å². The summed E-state index contributed by atoms with van der Waals surface area (Å²) >= 11 is 0. The van der Waals surface area contributed by atoms with Crippen molar-refractivity contribution in [3.05, 3.63) is 12.4 Å². The van der Waals surface area contributed by atoms with E-state index >= 15 is 0 Å². The highest BCUT2D eigenvalue weighted by Gasteiger charge is 2.37. The van der Waals surface area contributed by atoms with E-state index in [0.717, 1.165) is 0 Å². The van der Waals surface area contributed by atoms with Gasteiger partial charge in [-0.3, -0.25) is 9.78 Å². The Morgan fingerprint density at radius 1 is 1.50 bits per heavy atom. The second-order valence-corrected chi connectivity index (χ2v) is 5.04. The van der Waals surface area contributed by atoms with Gasteiger partial charge in [-0.2, -0.15) is 4.98 Å². The molecule has 20 heavy (non-hydrogen) atoms. The van der Waals surface area contributed by atoms with Gasteiger partial charge in [0.05, 0.1) is 37.8 Å². The molecule has 0 aliphatic carbocycles. The Morgan fingerprint density at radius 2 is 2.25 bits per heavy atom. The van der Waals surface area contributed by atoms with Crippen molar-refractivity contribution in [1.29, 1.82) is 0 Å². The summed E-state index contributed by atoms with van der Waals surface area (Å²) in [6, 6.07) is -0.254. The zero-order valence-corrected chi connectivity index (χ0v) is 11.8. The second-order valence-electron chi connectivity index (χ2n) is 5.04. The number of nitrogens with zero attached hydrogens (tertiary/aromatic N) is 3. The average molecular weight is 281 g/mol. The molecule has 7 nitrogen and oxygen atoms in total. The lowest BCUT2D eigenvalue weighted by Crippen LogP contribution is -2.41. The van der Waals surface area contributed by atoms with Crippen molar-refractivity contribution in [3.8, 4) is 5.88 Å². The van der Waals surface area contributed by atoms with Gasteiger partial charge in [0.25, 0.3) is 0 Å². The van der Waals surface area contributed by atoms with Crippen LogP contribution in [0.3, 0.4) is 0 Å². The van der Waals surface area contributed by atoms with Crippen LogP contribution in [0.15, 0.2) is 12.4 Å². The van der Waals surface area contributed by atoms with Crippen LogP contribution in [0.5, 0.6) is 5.88 Å². The van der Waals surface area contributed by atoms with E-state index < -0.39 is 11.9 Å². The Morgan fingerprint density at radius 3 is 2.90 bits per heavy atom. The molecule has 2 rings (SSSR count). The highest BCUT2D eigenvalue weighted by atomic mass is 16.5. The van der Waals surface area contributed by atoms with Gasteiger partial charge >= 0.3 is 5.97 Å². The molecule has 2 unspecified atom stereocenters. The smallest absolute Gasteiger partial charge is 0.311 e. The van der Waals surface area contributed by atoms with Crippen molar-refractivity contribution in [2.24, 2.45) is 5.92 Å². The van der Waals surface area contributed by atoms with Crippen molar-refractivity contribution >= 4 is 11.8 Å². The van der Waals surface area contributed by atoms with Crippen LogP contribution in [0.25, 0.3) is 0 Å². The van der Waals surface area contributed by atoms with Gasteiger partial charge < -0.3 is 19.5 Å². The SMILES string of the molecule is CC(C)Oc1cncc(N(C)C2COCC2C(=O)O)n1. The summed E-state index contributed by atoms with van der Waals surface area (Å²) < 4.78 is 10.8. The molecule has 1 N–H and O–H groups in total. The van der Waals surface area contributed by atoms with E-state index in [1.165, 1.54) is 6.20 Å². The van der Waals surface area contributed by atoms with E-state index in [4.69, 9.17) is 9.47 Å². The number of aliphatic carboxylic acids is 1. The second kappa shape index (κ2) is 6.04. The molecule has 2 heterocycles. The quantitative estimate of drug-likeness (QED) is 0.854. The Kier molecular flexibility index (Phi) is 4.39. The number of carboxylic acids is 1. The van der Waals surface area contributed by atoms with Crippen molar-refractivity contribution in [2.75, 3.05) is 25.2 Å². The number of carbonyl (C=O) groups is 1. The minimum absolute atomic E-state index is 0.00596. The molecule has 110 valence electrons. The molecule has 2 atom stereocenters. The number of aromatic nitrogens is 2. The average Bonchev–Trinajstić information content (AvgIpc) is 2.86. The highest BCUT2D eigenvalue weighted by Crippen LogP contribution is 2.24. The van der Waals surface area contributed by atoms with E-state index in [1.807, 2.05) is 13.8 Å².